The van der Waals surface area contributed by atoms with Gasteiger partial charge in [0.25, 0.3) is 0 Å². The highest BCUT2D eigenvalue weighted by atomic mass is 32.2. The van der Waals surface area contributed by atoms with Crippen LogP contribution in [0.5, 0.6) is 0 Å². The molecule has 0 aromatic heterocycles. The third kappa shape index (κ3) is 3.63. The summed E-state index contributed by atoms with van der Waals surface area (Å²) in [5.74, 6) is 0. The molecule has 1 fully saturated rings. The predicted molar refractivity (Wildman–Crippen MR) is 80.3 cm³/mol. The molecule has 0 saturated heterocycles. The van der Waals surface area contributed by atoms with Gasteiger partial charge in [0.15, 0.2) is 0 Å². The summed E-state index contributed by atoms with van der Waals surface area (Å²) < 4.78 is 26.9. The fourth-order valence-corrected chi connectivity index (χ4v) is 4.52. The standard InChI is InChI=1S/C15H23NO4S/c1-12(18)13-6-8-15(9-7-13)21(19,20)16(10-11-17)14-4-2-3-5-14/h6-9,12,14,17-18H,2-5,10-11H2,1H3. The van der Waals surface area contributed by atoms with Crippen molar-refractivity contribution < 1.29 is 18.6 Å². The zero-order valence-corrected chi connectivity index (χ0v) is 13.1. The van der Waals surface area contributed by atoms with Gasteiger partial charge in [0, 0.05) is 12.6 Å². The number of benzene rings is 1. The highest BCUT2D eigenvalue weighted by Gasteiger charge is 2.32. The molecule has 0 amide bonds. The van der Waals surface area contributed by atoms with Gasteiger partial charge in [-0.25, -0.2) is 8.42 Å². The first-order chi connectivity index (χ1) is 9.96. The molecule has 1 unspecified atom stereocenters. The number of aliphatic hydroxyl groups is 2. The number of rotatable bonds is 6. The van der Waals surface area contributed by atoms with Crippen LogP contribution in [0.3, 0.4) is 0 Å². The number of hydrogen-bond acceptors (Lipinski definition) is 4. The maximum absolute atomic E-state index is 12.7. The first kappa shape index (κ1) is 16.4. The number of nitrogens with zero attached hydrogens (tertiary/aromatic N) is 1. The molecule has 6 heteroatoms. The second-order valence-corrected chi connectivity index (χ2v) is 7.41. The second-order valence-electron chi connectivity index (χ2n) is 5.52. The number of hydrogen-bond donors (Lipinski definition) is 2. The molecule has 1 saturated carbocycles. The van der Waals surface area contributed by atoms with Gasteiger partial charge in [-0.3, -0.25) is 0 Å². The molecule has 21 heavy (non-hydrogen) atoms. The van der Waals surface area contributed by atoms with E-state index in [0.29, 0.717) is 5.56 Å². The lowest BCUT2D eigenvalue weighted by atomic mass is 10.1. The van der Waals surface area contributed by atoms with Crippen LogP contribution in [0.1, 0.15) is 44.3 Å². The Balaban J connectivity index is 2.28. The van der Waals surface area contributed by atoms with E-state index >= 15 is 0 Å². The monoisotopic (exact) mass is 313 g/mol. The van der Waals surface area contributed by atoms with Crippen molar-refractivity contribution in [2.75, 3.05) is 13.2 Å². The van der Waals surface area contributed by atoms with E-state index in [9.17, 15) is 18.6 Å². The molecule has 0 aliphatic heterocycles. The number of sulfonamides is 1. The van der Waals surface area contributed by atoms with Crippen molar-refractivity contribution in [3.63, 3.8) is 0 Å². The zero-order valence-electron chi connectivity index (χ0n) is 12.3. The summed E-state index contributed by atoms with van der Waals surface area (Å²) in [5.41, 5.74) is 0.684. The van der Waals surface area contributed by atoms with Gasteiger partial charge in [-0.15, -0.1) is 0 Å². The molecule has 1 aromatic carbocycles. The normalized spacial score (nSPS) is 18.3. The molecule has 0 bridgehead atoms. The summed E-state index contributed by atoms with van der Waals surface area (Å²) in [6.45, 7) is 1.59. The van der Waals surface area contributed by atoms with Gasteiger partial charge in [0.1, 0.15) is 0 Å². The van der Waals surface area contributed by atoms with E-state index in [1.54, 1.807) is 19.1 Å². The van der Waals surface area contributed by atoms with E-state index < -0.39 is 16.1 Å². The second kappa shape index (κ2) is 6.87. The van der Waals surface area contributed by atoms with Crippen LogP contribution in [0.15, 0.2) is 29.2 Å². The molecule has 5 nitrogen and oxygen atoms in total. The summed E-state index contributed by atoms with van der Waals surface area (Å²) in [5, 5.41) is 18.7. The molecule has 2 N–H and O–H groups in total. The Morgan fingerprint density at radius 1 is 1.24 bits per heavy atom. The van der Waals surface area contributed by atoms with Gasteiger partial charge in [-0.05, 0) is 37.5 Å². The van der Waals surface area contributed by atoms with E-state index in [1.165, 1.54) is 16.4 Å². The van der Waals surface area contributed by atoms with E-state index in [0.717, 1.165) is 25.7 Å². The van der Waals surface area contributed by atoms with Crippen LogP contribution in [-0.4, -0.2) is 42.1 Å². The lowest BCUT2D eigenvalue weighted by Gasteiger charge is -2.27. The summed E-state index contributed by atoms with van der Waals surface area (Å²) in [4.78, 5) is 0.215. The average molecular weight is 313 g/mol. The van der Waals surface area contributed by atoms with Crippen LogP contribution >= 0.6 is 0 Å². The molecule has 1 atom stereocenters. The summed E-state index contributed by atoms with van der Waals surface area (Å²) in [6, 6.07) is 6.29. The van der Waals surface area contributed by atoms with Crippen molar-refractivity contribution in [1.29, 1.82) is 0 Å². The van der Waals surface area contributed by atoms with Crippen LogP contribution in [0.4, 0.5) is 0 Å². The lowest BCUT2D eigenvalue weighted by Crippen LogP contribution is -2.40. The Morgan fingerprint density at radius 2 is 1.81 bits per heavy atom. The molecule has 0 radical (unpaired) electrons. The Morgan fingerprint density at radius 3 is 2.29 bits per heavy atom. The molecule has 0 heterocycles. The molecular weight excluding hydrogens is 290 g/mol. The smallest absolute Gasteiger partial charge is 0.243 e. The average Bonchev–Trinajstić information content (AvgIpc) is 2.98. The van der Waals surface area contributed by atoms with Crippen molar-refractivity contribution in [2.45, 2.75) is 49.6 Å². The van der Waals surface area contributed by atoms with Crippen molar-refractivity contribution in [3.05, 3.63) is 29.8 Å². The molecule has 1 aromatic rings. The van der Waals surface area contributed by atoms with Gasteiger partial charge < -0.3 is 10.2 Å². The highest BCUT2D eigenvalue weighted by molar-refractivity contribution is 7.89. The van der Waals surface area contributed by atoms with Crippen LogP contribution in [-0.2, 0) is 10.0 Å². The van der Waals surface area contributed by atoms with E-state index in [4.69, 9.17) is 0 Å². The van der Waals surface area contributed by atoms with Gasteiger partial charge in [0.2, 0.25) is 10.0 Å². The lowest BCUT2D eigenvalue weighted by molar-refractivity contribution is 0.199. The van der Waals surface area contributed by atoms with Crippen LogP contribution in [0.2, 0.25) is 0 Å². The first-order valence-electron chi connectivity index (χ1n) is 7.37. The quantitative estimate of drug-likeness (QED) is 0.837. The zero-order chi connectivity index (χ0) is 15.5. The third-order valence-electron chi connectivity index (χ3n) is 4.02. The van der Waals surface area contributed by atoms with Crippen molar-refractivity contribution in [1.82, 2.24) is 4.31 Å². The topological polar surface area (TPSA) is 77.8 Å². The van der Waals surface area contributed by atoms with E-state index in [2.05, 4.69) is 0 Å². The maximum Gasteiger partial charge on any atom is 0.243 e. The van der Waals surface area contributed by atoms with Gasteiger partial charge in [-0.2, -0.15) is 4.31 Å². The van der Waals surface area contributed by atoms with Crippen molar-refractivity contribution in [3.8, 4) is 0 Å². The Bertz CT molecular complexity index is 548. The Kier molecular flexibility index (Phi) is 5.37. The Labute approximate surface area is 126 Å². The minimum atomic E-state index is -3.60. The number of aliphatic hydroxyl groups excluding tert-OH is 2. The van der Waals surface area contributed by atoms with Gasteiger partial charge in [0.05, 0.1) is 17.6 Å². The van der Waals surface area contributed by atoms with Gasteiger partial charge >= 0.3 is 0 Å². The molecule has 0 spiro atoms. The molecular formula is C15H23NO4S. The van der Waals surface area contributed by atoms with Gasteiger partial charge in [-0.1, -0.05) is 25.0 Å². The van der Waals surface area contributed by atoms with Crippen molar-refractivity contribution >= 4 is 10.0 Å². The first-order valence-corrected chi connectivity index (χ1v) is 8.81. The van der Waals surface area contributed by atoms with E-state index in [1.807, 2.05) is 0 Å². The predicted octanol–water partition coefficient (Wildman–Crippen LogP) is 1.67. The van der Waals surface area contributed by atoms with Crippen molar-refractivity contribution in [2.24, 2.45) is 0 Å². The van der Waals surface area contributed by atoms with Crippen LogP contribution < -0.4 is 0 Å². The minimum Gasteiger partial charge on any atom is -0.395 e. The summed E-state index contributed by atoms with van der Waals surface area (Å²) >= 11 is 0. The molecule has 1 aliphatic rings. The molecule has 118 valence electrons. The molecule has 1 aliphatic carbocycles. The van der Waals surface area contributed by atoms with Crippen LogP contribution in [0, 0.1) is 0 Å². The largest absolute Gasteiger partial charge is 0.395 e. The third-order valence-corrected chi connectivity index (χ3v) is 5.99. The fraction of sp³-hybridized carbons (Fsp3) is 0.600. The maximum atomic E-state index is 12.7. The Hall–Kier alpha value is -0.950. The minimum absolute atomic E-state index is 0.0152. The summed E-state index contributed by atoms with van der Waals surface area (Å²) in [6.07, 6.45) is 3.15. The SMILES string of the molecule is CC(O)c1ccc(S(=O)(=O)N(CCO)C2CCCC2)cc1. The fourth-order valence-electron chi connectivity index (χ4n) is 2.84. The highest BCUT2D eigenvalue weighted by Crippen LogP contribution is 2.28. The van der Waals surface area contributed by atoms with E-state index in [-0.39, 0.29) is 24.1 Å². The summed E-state index contributed by atoms with van der Waals surface area (Å²) in [7, 11) is -3.60. The van der Waals surface area contributed by atoms with Crippen LogP contribution in [0.25, 0.3) is 0 Å². The molecule has 2 rings (SSSR count).